The smallest absolute Gasteiger partial charge is 0.277 e. The van der Waals surface area contributed by atoms with E-state index in [2.05, 4.69) is 15.5 Å². The number of hydrogen-bond acceptors (Lipinski definition) is 6. The molecule has 6 nitrogen and oxygen atoms in total. The SMILES string of the molecule is C[C@@H](Sc1nnc(-c2ccc(F)cc2)o1)C(=O)Nc1ccc(C#N)cc1. The van der Waals surface area contributed by atoms with E-state index in [4.69, 9.17) is 9.68 Å². The molecule has 0 fully saturated rings. The molecule has 8 heteroatoms. The molecule has 0 unspecified atom stereocenters. The number of hydrogen-bond donors (Lipinski definition) is 1. The Hall–Kier alpha value is -3.18. The van der Waals surface area contributed by atoms with Gasteiger partial charge in [-0.3, -0.25) is 4.79 Å². The first kappa shape index (κ1) is 17.6. The van der Waals surface area contributed by atoms with E-state index in [9.17, 15) is 9.18 Å². The van der Waals surface area contributed by atoms with Gasteiger partial charge in [0.2, 0.25) is 11.8 Å². The third-order valence-electron chi connectivity index (χ3n) is 3.43. The van der Waals surface area contributed by atoms with E-state index in [1.165, 1.54) is 12.1 Å². The molecule has 1 N–H and O–H groups in total. The van der Waals surface area contributed by atoms with Crippen LogP contribution in [-0.4, -0.2) is 21.4 Å². The van der Waals surface area contributed by atoms with E-state index in [0.29, 0.717) is 16.8 Å². The molecule has 0 aliphatic heterocycles. The predicted molar refractivity (Wildman–Crippen MR) is 94.8 cm³/mol. The van der Waals surface area contributed by atoms with E-state index >= 15 is 0 Å². The summed E-state index contributed by atoms with van der Waals surface area (Å²) in [7, 11) is 0. The zero-order valence-corrected chi connectivity index (χ0v) is 14.5. The Kier molecular flexibility index (Phi) is 5.29. The van der Waals surface area contributed by atoms with Crippen LogP contribution in [0, 0.1) is 17.1 Å². The molecule has 3 aromatic rings. The van der Waals surface area contributed by atoms with E-state index in [1.807, 2.05) is 6.07 Å². The second-order valence-electron chi connectivity index (χ2n) is 5.32. The molecule has 0 spiro atoms. The van der Waals surface area contributed by atoms with Crippen LogP contribution in [0.3, 0.4) is 0 Å². The minimum Gasteiger partial charge on any atom is -0.411 e. The third-order valence-corrected chi connectivity index (χ3v) is 4.36. The molecule has 130 valence electrons. The van der Waals surface area contributed by atoms with Crippen LogP contribution in [0.15, 0.2) is 58.2 Å². The van der Waals surface area contributed by atoms with Crippen molar-refractivity contribution in [2.45, 2.75) is 17.4 Å². The molecule has 0 bridgehead atoms. The van der Waals surface area contributed by atoms with E-state index in [1.54, 1.807) is 43.3 Å². The van der Waals surface area contributed by atoms with E-state index < -0.39 is 5.25 Å². The van der Waals surface area contributed by atoms with Gasteiger partial charge in [0.25, 0.3) is 5.22 Å². The van der Waals surface area contributed by atoms with Gasteiger partial charge in [-0.05, 0) is 55.5 Å². The molecule has 0 radical (unpaired) electrons. The Morgan fingerprint density at radius 2 is 1.88 bits per heavy atom. The monoisotopic (exact) mass is 368 g/mol. The topological polar surface area (TPSA) is 91.8 Å². The van der Waals surface area contributed by atoms with Crippen LogP contribution < -0.4 is 5.32 Å². The Morgan fingerprint density at radius 3 is 2.54 bits per heavy atom. The van der Waals surface area contributed by atoms with Gasteiger partial charge in [-0.1, -0.05) is 11.8 Å². The first-order chi connectivity index (χ1) is 12.5. The summed E-state index contributed by atoms with van der Waals surface area (Å²) in [5.41, 5.74) is 1.71. The summed E-state index contributed by atoms with van der Waals surface area (Å²) in [6.45, 7) is 1.71. The van der Waals surface area contributed by atoms with Crippen molar-refractivity contribution in [1.82, 2.24) is 10.2 Å². The molecule has 0 saturated carbocycles. The minimum absolute atomic E-state index is 0.235. The Morgan fingerprint density at radius 1 is 1.19 bits per heavy atom. The highest BCUT2D eigenvalue weighted by Gasteiger charge is 2.19. The number of carbonyl (C=O) groups excluding carboxylic acids is 1. The average Bonchev–Trinajstić information content (AvgIpc) is 3.11. The number of aromatic nitrogens is 2. The highest BCUT2D eigenvalue weighted by atomic mass is 32.2. The minimum atomic E-state index is -0.479. The molecular formula is C18H13FN4O2S. The van der Waals surface area contributed by atoms with Crippen LogP contribution in [0.25, 0.3) is 11.5 Å². The van der Waals surface area contributed by atoms with Crippen molar-refractivity contribution < 1.29 is 13.6 Å². The number of amides is 1. The van der Waals surface area contributed by atoms with Gasteiger partial charge in [0.1, 0.15) is 5.82 Å². The van der Waals surface area contributed by atoms with Gasteiger partial charge in [0, 0.05) is 11.3 Å². The lowest BCUT2D eigenvalue weighted by molar-refractivity contribution is -0.115. The second-order valence-corrected chi connectivity index (χ2v) is 6.61. The van der Waals surface area contributed by atoms with Gasteiger partial charge in [-0.15, -0.1) is 10.2 Å². The van der Waals surface area contributed by atoms with Crippen LogP contribution in [0.2, 0.25) is 0 Å². The molecule has 1 heterocycles. The summed E-state index contributed by atoms with van der Waals surface area (Å²) < 4.78 is 18.5. The first-order valence-corrected chi connectivity index (χ1v) is 8.50. The molecule has 26 heavy (non-hydrogen) atoms. The van der Waals surface area contributed by atoms with Crippen molar-refractivity contribution in [3.63, 3.8) is 0 Å². The molecule has 3 rings (SSSR count). The highest BCUT2D eigenvalue weighted by molar-refractivity contribution is 8.00. The molecule has 1 amide bonds. The number of benzene rings is 2. The quantitative estimate of drug-likeness (QED) is 0.688. The van der Waals surface area contributed by atoms with Gasteiger partial charge >= 0.3 is 0 Å². The number of halogens is 1. The van der Waals surface area contributed by atoms with Crippen LogP contribution in [0.1, 0.15) is 12.5 Å². The summed E-state index contributed by atoms with van der Waals surface area (Å²) in [5, 5.41) is 19.1. The van der Waals surface area contributed by atoms with Crippen molar-refractivity contribution in [3.8, 4) is 17.5 Å². The van der Waals surface area contributed by atoms with Crippen LogP contribution in [0.5, 0.6) is 0 Å². The number of anilines is 1. The number of nitrogens with one attached hydrogen (secondary N) is 1. The maximum atomic E-state index is 13.0. The summed E-state index contributed by atoms with van der Waals surface area (Å²) in [4.78, 5) is 12.3. The van der Waals surface area contributed by atoms with Gasteiger partial charge in [0.05, 0.1) is 16.9 Å². The van der Waals surface area contributed by atoms with Crippen LogP contribution >= 0.6 is 11.8 Å². The Balaban J connectivity index is 1.62. The number of rotatable bonds is 5. The van der Waals surface area contributed by atoms with Crippen molar-refractivity contribution in [1.29, 1.82) is 5.26 Å². The van der Waals surface area contributed by atoms with Crippen molar-refractivity contribution in [2.24, 2.45) is 0 Å². The highest BCUT2D eigenvalue weighted by Crippen LogP contribution is 2.26. The van der Waals surface area contributed by atoms with Crippen LogP contribution in [0.4, 0.5) is 10.1 Å². The molecule has 1 atom stereocenters. The molecule has 1 aromatic heterocycles. The molecule has 0 saturated heterocycles. The largest absolute Gasteiger partial charge is 0.411 e. The number of nitrogens with zero attached hydrogens (tertiary/aromatic N) is 3. The van der Waals surface area contributed by atoms with Gasteiger partial charge < -0.3 is 9.73 Å². The Bertz CT molecular complexity index is 949. The zero-order valence-electron chi connectivity index (χ0n) is 13.6. The number of thioether (sulfide) groups is 1. The zero-order chi connectivity index (χ0) is 18.5. The fourth-order valence-corrected chi connectivity index (χ4v) is 2.73. The summed E-state index contributed by atoms with van der Waals surface area (Å²) in [5.74, 6) is -0.329. The van der Waals surface area contributed by atoms with Crippen molar-refractivity contribution >= 4 is 23.4 Å². The van der Waals surface area contributed by atoms with Crippen LogP contribution in [-0.2, 0) is 4.79 Å². The fourth-order valence-electron chi connectivity index (χ4n) is 2.04. The maximum absolute atomic E-state index is 13.0. The summed E-state index contributed by atoms with van der Waals surface area (Å²) in [6.07, 6.45) is 0. The fraction of sp³-hybridized carbons (Fsp3) is 0.111. The van der Waals surface area contributed by atoms with Crippen molar-refractivity contribution in [2.75, 3.05) is 5.32 Å². The standard InChI is InChI=1S/C18H13FN4O2S/c1-11(16(24)21-15-8-2-12(10-20)3-9-15)26-18-23-22-17(25-18)13-4-6-14(19)7-5-13/h2-9,11H,1H3,(H,21,24)/t11-/m1/s1. The number of nitriles is 1. The molecular weight excluding hydrogens is 355 g/mol. The lowest BCUT2D eigenvalue weighted by atomic mass is 10.2. The maximum Gasteiger partial charge on any atom is 0.277 e. The van der Waals surface area contributed by atoms with Crippen molar-refractivity contribution in [3.05, 3.63) is 59.9 Å². The van der Waals surface area contributed by atoms with E-state index in [-0.39, 0.29) is 22.8 Å². The Labute approximate surface area is 153 Å². The predicted octanol–water partition coefficient (Wildman–Crippen LogP) is 3.87. The molecule has 0 aliphatic carbocycles. The average molecular weight is 368 g/mol. The lowest BCUT2D eigenvalue weighted by Gasteiger charge is -2.09. The van der Waals surface area contributed by atoms with Gasteiger partial charge in [-0.2, -0.15) is 5.26 Å². The van der Waals surface area contributed by atoms with E-state index in [0.717, 1.165) is 11.8 Å². The molecule has 2 aromatic carbocycles. The first-order valence-electron chi connectivity index (χ1n) is 7.62. The normalized spacial score (nSPS) is 11.6. The second kappa shape index (κ2) is 7.80. The summed E-state index contributed by atoms with van der Waals surface area (Å²) >= 11 is 1.12. The molecule has 0 aliphatic rings. The lowest BCUT2D eigenvalue weighted by Crippen LogP contribution is -2.22. The summed E-state index contributed by atoms with van der Waals surface area (Å²) in [6, 6.07) is 14.3. The van der Waals surface area contributed by atoms with Gasteiger partial charge in [0.15, 0.2) is 0 Å². The third kappa shape index (κ3) is 4.26. The number of carbonyl (C=O) groups is 1. The van der Waals surface area contributed by atoms with Gasteiger partial charge in [-0.25, -0.2) is 4.39 Å².